The van der Waals surface area contributed by atoms with Gasteiger partial charge in [0.05, 0.1) is 0 Å². The van der Waals surface area contributed by atoms with Crippen LogP contribution in [0, 0.1) is 5.82 Å². The molecule has 0 fully saturated rings. The lowest BCUT2D eigenvalue weighted by atomic mass is 9.90. The van der Waals surface area contributed by atoms with E-state index in [1.165, 1.54) is 12.1 Å². The van der Waals surface area contributed by atoms with Crippen LogP contribution >= 0.6 is 0 Å². The first-order valence-corrected chi connectivity index (χ1v) is 8.02. The predicted octanol–water partition coefficient (Wildman–Crippen LogP) is 3.96. The van der Waals surface area contributed by atoms with Crippen LogP contribution in [0.1, 0.15) is 15.9 Å². The van der Waals surface area contributed by atoms with E-state index in [2.05, 4.69) is 0 Å². The molecule has 124 valence electrons. The Labute approximate surface area is 143 Å². The summed E-state index contributed by atoms with van der Waals surface area (Å²) in [7, 11) is 1.79. The Balaban J connectivity index is 1.88. The third kappa shape index (κ3) is 2.02. The zero-order valence-electron chi connectivity index (χ0n) is 13.5. The molecule has 0 saturated carbocycles. The van der Waals surface area contributed by atoms with Crippen molar-refractivity contribution in [2.24, 2.45) is 0 Å². The molecule has 5 heteroatoms. The molecule has 2 heterocycles. The molecule has 5 rings (SSSR count). The smallest absolute Gasteiger partial charge is 0.254 e. The topological polar surface area (TPSA) is 38.8 Å². The largest absolute Gasteiger partial charge is 0.454 e. The highest BCUT2D eigenvalue weighted by Gasteiger charge is 2.29. The van der Waals surface area contributed by atoms with Crippen molar-refractivity contribution in [2.45, 2.75) is 6.54 Å². The molecular weight excluding hydrogens is 321 g/mol. The van der Waals surface area contributed by atoms with Gasteiger partial charge < -0.3 is 14.4 Å². The molecule has 2 aliphatic heterocycles. The third-order valence-corrected chi connectivity index (χ3v) is 4.85. The van der Waals surface area contributed by atoms with E-state index in [1.54, 1.807) is 24.1 Å². The minimum absolute atomic E-state index is 0.00192. The van der Waals surface area contributed by atoms with E-state index >= 15 is 0 Å². The first-order valence-electron chi connectivity index (χ1n) is 8.02. The second-order valence-corrected chi connectivity index (χ2v) is 6.37. The summed E-state index contributed by atoms with van der Waals surface area (Å²) in [5.74, 6) is 1.08. The van der Waals surface area contributed by atoms with Crippen LogP contribution in [0.15, 0.2) is 42.5 Å². The zero-order chi connectivity index (χ0) is 17.1. The standard InChI is InChI=1S/C20H14FNO3/c1-22-9-16-15(20(22)23)6-12-7-17-18(25-10-24-17)8-14(12)19(16)11-2-4-13(21)5-3-11/h2-8H,9-10H2,1H3. The molecule has 0 bridgehead atoms. The van der Waals surface area contributed by atoms with Crippen LogP contribution in [0.5, 0.6) is 11.5 Å². The number of rotatable bonds is 1. The Morgan fingerprint density at radius 1 is 1.04 bits per heavy atom. The molecule has 3 aromatic rings. The molecule has 4 nitrogen and oxygen atoms in total. The summed E-state index contributed by atoms with van der Waals surface area (Å²) in [6, 6.07) is 12.1. The maximum absolute atomic E-state index is 13.4. The van der Waals surface area contributed by atoms with Crippen molar-refractivity contribution in [3.8, 4) is 22.6 Å². The predicted molar refractivity (Wildman–Crippen MR) is 91.3 cm³/mol. The Kier molecular flexibility index (Phi) is 2.83. The van der Waals surface area contributed by atoms with Gasteiger partial charge in [-0.05, 0) is 57.8 Å². The highest BCUT2D eigenvalue weighted by molar-refractivity contribution is 6.09. The number of benzene rings is 3. The molecule has 25 heavy (non-hydrogen) atoms. The van der Waals surface area contributed by atoms with Crippen molar-refractivity contribution in [1.29, 1.82) is 0 Å². The Morgan fingerprint density at radius 3 is 2.52 bits per heavy atom. The van der Waals surface area contributed by atoms with E-state index in [1.807, 2.05) is 18.2 Å². The minimum Gasteiger partial charge on any atom is -0.454 e. The second-order valence-electron chi connectivity index (χ2n) is 6.37. The number of ether oxygens (including phenoxy) is 2. The zero-order valence-corrected chi connectivity index (χ0v) is 13.5. The monoisotopic (exact) mass is 335 g/mol. The van der Waals surface area contributed by atoms with E-state index in [4.69, 9.17) is 9.47 Å². The molecule has 0 unspecified atom stereocenters. The molecule has 0 saturated heterocycles. The number of carbonyl (C=O) groups excluding carboxylic acids is 1. The van der Waals surface area contributed by atoms with Gasteiger partial charge in [-0.25, -0.2) is 4.39 Å². The number of hydrogen-bond acceptors (Lipinski definition) is 3. The van der Waals surface area contributed by atoms with Gasteiger partial charge in [-0.2, -0.15) is 0 Å². The lowest BCUT2D eigenvalue weighted by molar-refractivity contribution is 0.0816. The van der Waals surface area contributed by atoms with Crippen LogP contribution in [-0.2, 0) is 6.54 Å². The summed E-state index contributed by atoms with van der Waals surface area (Å²) < 4.78 is 24.4. The van der Waals surface area contributed by atoms with Gasteiger partial charge in [0.1, 0.15) is 5.82 Å². The Bertz CT molecular complexity index is 1040. The van der Waals surface area contributed by atoms with Gasteiger partial charge >= 0.3 is 0 Å². The summed E-state index contributed by atoms with van der Waals surface area (Å²) >= 11 is 0. The molecule has 2 aliphatic rings. The van der Waals surface area contributed by atoms with Crippen molar-refractivity contribution in [3.05, 3.63) is 59.4 Å². The number of amides is 1. The van der Waals surface area contributed by atoms with E-state index in [0.717, 1.165) is 27.5 Å². The molecule has 0 atom stereocenters. The first-order chi connectivity index (χ1) is 12.1. The summed E-state index contributed by atoms with van der Waals surface area (Å²) in [4.78, 5) is 14.2. The van der Waals surface area contributed by atoms with Gasteiger partial charge in [0.2, 0.25) is 6.79 Å². The summed E-state index contributed by atoms with van der Waals surface area (Å²) in [6.45, 7) is 0.726. The van der Waals surface area contributed by atoms with Gasteiger partial charge in [-0.1, -0.05) is 12.1 Å². The minimum atomic E-state index is -0.286. The SMILES string of the molecule is CN1Cc2c(cc3cc4c(cc3c2-c2ccc(F)cc2)OCO4)C1=O. The van der Waals surface area contributed by atoms with Crippen LogP contribution in [0.3, 0.4) is 0 Å². The maximum Gasteiger partial charge on any atom is 0.254 e. The fourth-order valence-electron chi connectivity index (χ4n) is 3.65. The van der Waals surface area contributed by atoms with Gasteiger partial charge in [0.25, 0.3) is 5.91 Å². The highest BCUT2D eigenvalue weighted by atomic mass is 19.1. The van der Waals surface area contributed by atoms with Crippen molar-refractivity contribution in [2.75, 3.05) is 13.8 Å². The fourth-order valence-corrected chi connectivity index (χ4v) is 3.65. The fraction of sp³-hybridized carbons (Fsp3) is 0.150. The Hall–Kier alpha value is -3.08. The number of carbonyl (C=O) groups is 1. The summed E-state index contributed by atoms with van der Waals surface area (Å²) in [6.07, 6.45) is 0. The summed E-state index contributed by atoms with van der Waals surface area (Å²) in [5, 5.41) is 1.88. The van der Waals surface area contributed by atoms with Crippen LogP contribution < -0.4 is 9.47 Å². The molecule has 0 aromatic heterocycles. The number of hydrogen-bond donors (Lipinski definition) is 0. The quantitative estimate of drug-likeness (QED) is 0.676. The normalized spacial score (nSPS) is 15.1. The first kappa shape index (κ1) is 14.3. The molecule has 0 N–H and O–H groups in total. The van der Waals surface area contributed by atoms with E-state index in [0.29, 0.717) is 23.6 Å². The second kappa shape index (κ2) is 4.96. The third-order valence-electron chi connectivity index (χ3n) is 4.85. The van der Waals surface area contributed by atoms with Crippen molar-refractivity contribution >= 4 is 16.7 Å². The number of nitrogens with zero attached hydrogens (tertiary/aromatic N) is 1. The van der Waals surface area contributed by atoms with E-state index < -0.39 is 0 Å². The van der Waals surface area contributed by atoms with E-state index in [-0.39, 0.29) is 18.5 Å². The van der Waals surface area contributed by atoms with Crippen LogP contribution in [0.25, 0.3) is 21.9 Å². The van der Waals surface area contributed by atoms with Crippen LogP contribution in [0.4, 0.5) is 4.39 Å². The van der Waals surface area contributed by atoms with Gasteiger partial charge in [0, 0.05) is 19.2 Å². The van der Waals surface area contributed by atoms with Gasteiger partial charge in [-0.3, -0.25) is 4.79 Å². The molecule has 0 spiro atoms. The average molecular weight is 335 g/mol. The average Bonchev–Trinajstić information content (AvgIpc) is 3.17. The van der Waals surface area contributed by atoms with Crippen LogP contribution in [0.2, 0.25) is 0 Å². The van der Waals surface area contributed by atoms with E-state index in [9.17, 15) is 9.18 Å². The van der Waals surface area contributed by atoms with Gasteiger partial charge in [0.15, 0.2) is 11.5 Å². The van der Waals surface area contributed by atoms with Crippen LogP contribution in [-0.4, -0.2) is 24.6 Å². The molecule has 1 amide bonds. The Morgan fingerprint density at radius 2 is 1.76 bits per heavy atom. The molecular formula is C20H14FNO3. The van der Waals surface area contributed by atoms with Crippen molar-refractivity contribution in [3.63, 3.8) is 0 Å². The molecule has 0 radical (unpaired) electrons. The van der Waals surface area contributed by atoms with Gasteiger partial charge in [-0.15, -0.1) is 0 Å². The molecule has 0 aliphatic carbocycles. The lowest BCUT2D eigenvalue weighted by Gasteiger charge is -2.13. The summed E-state index contributed by atoms with van der Waals surface area (Å²) in [5.41, 5.74) is 3.48. The lowest BCUT2D eigenvalue weighted by Crippen LogP contribution is -2.17. The molecule has 3 aromatic carbocycles. The van der Waals surface area contributed by atoms with Crippen molar-refractivity contribution in [1.82, 2.24) is 4.90 Å². The number of halogens is 1. The maximum atomic E-state index is 13.4. The number of fused-ring (bicyclic) bond motifs is 3. The van der Waals surface area contributed by atoms with Crippen molar-refractivity contribution < 1.29 is 18.7 Å². The highest BCUT2D eigenvalue weighted by Crippen LogP contribution is 2.43.